The zero-order valence-corrected chi connectivity index (χ0v) is 13.5. The summed E-state index contributed by atoms with van der Waals surface area (Å²) in [6.45, 7) is 15.3. The molecule has 1 amide bonds. The molecule has 0 saturated heterocycles. The molecule has 120 valence electrons. The van der Waals surface area contributed by atoms with E-state index in [1.807, 2.05) is 27.7 Å². The van der Waals surface area contributed by atoms with Crippen molar-refractivity contribution in [2.45, 2.75) is 51.7 Å². The Balaban J connectivity index is 4.07. The number of nitrogens with one attached hydrogen (secondary N) is 1. The van der Waals surface area contributed by atoms with E-state index >= 15 is 0 Å². The van der Waals surface area contributed by atoms with E-state index in [1.54, 1.807) is 0 Å². The van der Waals surface area contributed by atoms with Gasteiger partial charge in [-0.1, -0.05) is 13.2 Å². The van der Waals surface area contributed by atoms with Crippen LogP contribution >= 0.6 is 0 Å². The highest BCUT2D eigenvalue weighted by molar-refractivity contribution is 5.86. The van der Waals surface area contributed by atoms with Crippen molar-refractivity contribution in [3.63, 3.8) is 0 Å². The van der Waals surface area contributed by atoms with Crippen molar-refractivity contribution < 1.29 is 19.1 Å². The van der Waals surface area contributed by atoms with Crippen LogP contribution in [-0.4, -0.2) is 36.2 Å². The summed E-state index contributed by atoms with van der Waals surface area (Å²) in [5.74, 6) is -0.630. The van der Waals surface area contributed by atoms with Gasteiger partial charge < -0.3 is 14.8 Å². The second-order valence-corrected chi connectivity index (χ2v) is 5.99. The summed E-state index contributed by atoms with van der Waals surface area (Å²) in [5.41, 5.74) is -0.967. The maximum absolute atomic E-state index is 11.2. The van der Waals surface area contributed by atoms with Crippen molar-refractivity contribution in [3.05, 3.63) is 25.3 Å². The average Bonchev–Trinajstić information content (AvgIpc) is 2.36. The Hall–Kier alpha value is -1.62. The Kier molecular flexibility index (Phi) is 7.95. The van der Waals surface area contributed by atoms with Crippen LogP contribution in [0.1, 0.15) is 40.5 Å². The lowest BCUT2D eigenvalue weighted by molar-refractivity contribution is -0.152. The van der Waals surface area contributed by atoms with Gasteiger partial charge in [0.1, 0.15) is 5.60 Å². The summed E-state index contributed by atoms with van der Waals surface area (Å²) in [6, 6.07) is 0. The van der Waals surface area contributed by atoms with Gasteiger partial charge in [-0.25, -0.2) is 4.79 Å². The van der Waals surface area contributed by atoms with Crippen molar-refractivity contribution in [3.8, 4) is 0 Å². The first-order chi connectivity index (χ1) is 9.62. The first kappa shape index (κ1) is 19.4. The number of carbonyl (C=O) groups is 2. The summed E-state index contributed by atoms with van der Waals surface area (Å²) in [6.07, 6.45) is 3.65. The minimum atomic E-state index is -0.599. The molecular weight excluding hydrogens is 270 g/mol. The van der Waals surface area contributed by atoms with Gasteiger partial charge in [0.2, 0.25) is 5.91 Å². The number of ether oxygens (including phenoxy) is 2. The molecular formula is C16H27NO4. The molecule has 0 heterocycles. The van der Waals surface area contributed by atoms with Crippen LogP contribution in [0.5, 0.6) is 0 Å². The topological polar surface area (TPSA) is 64.6 Å². The predicted molar refractivity (Wildman–Crippen MR) is 82.8 cm³/mol. The molecule has 0 aliphatic carbocycles. The molecule has 0 aliphatic heterocycles. The average molecular weight is 297 g/mol. The van der Waals surface area contributed by atoms with Gasteiger partial charge in [0, 0.05) is 19.0 Å². The van der Waals surface area contributed by atoms with Crippen LogP contribution in [0.2, 0.25) is 0 Å². The minimum absolute atomic E-state index is 0.191. The van der Waals surface area contributed by atoms with Crippen molar-refractivity contribution in [1.82, 2.24) is 5.32 Å². The summed E-state index contributed by atoms with van der Waals surface area (Å²) < 4.78 is 11.0. The molecule has 5 heteroatoms. The van der Waals surface area contributed by atoms with Crippen LogP contribution in [0.4, 0.5) is 0 Å². The molecule has 1 N–H and O–H groups in total. The fraction of sp³-hybridized carbons (Fsp3) is 0.625. The van der Waals surface area contributed by atoms with Gasteiger partial charge in [-0.2, -0.15) is 0 Å². The van der Waals surface area contributed by atoms with Crippen LogP contribution in [0.25, 0.3) is 0 Å². The SMILES string of the molecule is C=CC(=O)NCCC(C)(C)OCCC(C)(C)OC(=O)C=C. The fourth-order valence-corrected chi connectivity index (χ4v) is 1.57. The third-order valence-electron chi connectivity index (χ3n) is 2.95. The van der Waals surface area contributed by atoms with Crippen LogP contribution in [-0.2, 0) is 19.1 Å². The number of amides is 1. The van der Waals surface area contributed by atoms with E-state index in [-0.39, 0.29) is 11.5 Å². The summed E-state index contributed by atoms with van der Waals surface area (Å²) in [7, 11) is 0. The van der Waals surface area contributed by atoms with Crippen molar-refractivity contribution in [1.29, 1.82) is 0 Å². The number of hydrogen-bond acceptors (Lipinski definition) is 4. The van der Waals surface area contributed by atoms with Crippen LogP contribution < -0.4 is 5.32 Å². The van der Waals surface area contributed by atoms with Crippen molar-refractivity contribution >= 4 is 11.9 Å². The molecule has 0 atom stereocenters. The van der Waals surface area contributed by atoms with E-state index in [9.17, 15) is 9.59 Å². The van der Waals surface area contributed by atoms with E-state index in [4.69, 9.17) is 9.47 Å². The highest BCUT2D eigenvalue weighted by Gasteiger charge is 2.24. The van der Waals surface area contributed by atoms with Gasteiger partial charge in [0.15, 0.2) is 0 Å². The standard InChI is InChI=1S/C16H27NO4/c1-7-13(18)17-11-9-15(3,4)20-12-10-16(5,6)21-14(19)8-2/h7-8H,1-2,9-12H2,3-6H3,(H,17,18). The molecule has 21 heavy (non-hydrogen) atoms. The number of hydrogen-bond donors (Lipinski definition) is 1. The zero-order chi connectivity index (χ0) is 16.5. The third-order valence-corrected chi connectivity index (χ3v) is 2.95. The van der Waals surface area contributed by atoms with Gasteiger partial charge in [-0.05, 0) is 40.2 Å². The summed E-state index contributed by atoms with van der Waals surface area (Å²) in [4.78, 5) is 22.2. The lowest BCUT2D eigenvalue weighted by atomic mass is 10.0. The van der Waals surface area contributed by atoms with E-state index in [0.29, 0.717) is 26.0 Å². The smallest absolute Gasteiger partial charge is 0.330 e. The molecule has 0 fully saturated rings. The predicted octanol–water partition coefficient (Wildman–Crippen LogP) is 2.37. The maximum Gasteiger partial charge on any atom is 0.330 e. The highest BCUT2D eigenvalue weighted by atomic mass is 16.6. The first-order valence-corrected chi connectivity index (χ1v) is 7.01. The Morgan fingerprint density at radius 3 is 2.19 bits per heavy atom. The third kappa shape index (κ3) is 9.85. The molecule has 0 radical (unpaired) electrons. The zero-order valence-electron chi connectivity index (χ0n) is 13.5. The van der Waals surface area contributed by atoms with Gasteiger partial charge in [0.05, 0.1) is 12.2 Å². The molecule has 0 spiro atoms. The monoisotopic (exact) mass is 297 g/mol. The maximum atomic E-state index is 11.2. The minimum Gasteiger partial charge on any atom is -0.456 e. The van der Waals surface area contributed by atoms with E-state index in [2.05, 4.69) is 18.5 Å². The summed E-state index contributed by atoms with van der Waals surface area (Å²) >= 11 is 0. The Morgan fingerprint density at radius 2 is 1.67 bits per heavy atom. The lowest BCUT2D eigenvalue weighted by Gasteiger charge is -2.29. The fourth-order valence-electron chi connectivity index (χ4n) is 1.57. The molecule has 0 bridgehead atoms. The molecule has 0 aliphatic rings. The first-order valence-electron chi connectivity index (χ1n) is 7.01. The quantitative estimate of drug-likeness (QED) is 0.496. The Morgan fingerprint density at radius 1 is 1.05 bits per heavy atom. The summed E-state index contributed by atoms with van der Waals surface area (Å²) in [5, 5.41) is 2.71. The highest BCUT2D eigenvalue weighted by Crippen LogP contribution is 2.19. The second-order valence-electron chi connectivity index (χ2n) is 5.99. The van der Waals surface area contributed by atoms with Crippen molar-refractivity contribution in [2.24, 2.45) is 0 Å². The molecule has 0 aromatic carbocycles. The van der Waals surface area contributed by atoms with E-state index in [0.717, 1.165) is 6.08 Å². The largest absolute Gasteiger partial charge is 0.456 e. The Labute approximate surface area is 127 Å². The normalized spacial score (nSPS) is 11.6. The molecule has 5 nitrogen and oxygen atoms in total. The molecule has 0 aromatic heterocycles. The number of carbonyl (C=O) groups excluding carboxylic acids is 2. The van der Waals surface area contributed by atoms with Gasteiger partial charge in [-0.3, -0.25) is 4.79 Å². The van der Waals surface area contributed by atoms with Crippen LogP contribution in [0.15, 0.2) is 25.3 Å². The van der Waals surface area contributed by atoms with Crippen molar-refractivity contribution in [2.75, 3.05) is 13.2 Å². The number of esters is 1. The van der Waals surface area contributed by atoms with Gasteiger partial charge in [-0.15, -0.1) is 0 Å². The van der Waals surface area contributed by atoms with E-state index in [1.165, 1.54) is 6.08 Å². The second kappa shape index (κ2) is 8.62. The van der Waals surface area contributed by atoms with Gasteiger partial charge >= 0.3 is 5.97 Å². The Bertz CT molecular complexity index is 386. The lowest BCUT2D eigenvalue weighted by Crippen LogP contribution is -2.34. The van der Waals surface area contributed by atoms with Crippen LogP contribution in [0.3, 0.4) is 0 Å². The van der Waals surface area contributed by atoms with Gasteiger partial charge in [0.25, 0.3) is 0 Å². The molecule has 0 rings (SSSR count). The van der Waals surface area contributed by atoms with Crippen LogP contribution in [0, 0.1) is 0 Å². The molecule has 0 saturated carbocycles. The number of rotatable bonds is 10. The molecule has 0 aromatic rings. The van der Waals surface area contributed by atoms with E-state index < -0.39 is 11.6 Å². The molecule has 0 unspecified atom stereocenters.